The molecular weight excluding hydrogens is 466 g/mol. The third-order valence-electron chi connectivity index (χ3n) is 6.88. The molecule has 37 heavy (non-hydrogen) atoms. The monoisotopic (exact) mass is 493 g/mol. The van der Waals surface area contributed by atoms with Gasteiger partial charge in [-0.25, -0.2) is 0 Å². The van der Waals surface area contributed by atoms with E-state index in [4.69, 9.17) is 9.47 Å². The van der Waals surface area contributed by atoms with Crippen molar-refractivity contribution >= 4 is 5.91 Å². The van der Waals surface area contributed by atoms with Crippen LogP contribution in [0.25, 0.3) is 0 Å². The third-order valence-corrected chi connectivity index (χ3v) is 6.88. The standard InChI is InChI=1S/C30H27N3O4/c34-25-16-17-32-28(29(25)37-20-22-10-4-1-5-11-22)30(35)31-18-19-36-21-26(31)33(32)27(23-12-6-2-7-13-23)24-14-8-3-9-15-24/h1-17,26-27H,18-21H2/t26-/m1/s1. The fourth-order valence-electron chi connectivity index (χ4n) is 5.16. The van der Waals surface area contributed by atoms with Gasteiger partial charge in [-0.05, 0) is 16.7 Å². The number of carbonyl (C=O) groups is 1. The van der Waals surface area contributed by atoms with Crippen LogP contribution >= 0.6 is 0 Å². The van der Waals surface area contributed by atoms with Gasteiger partial charge in [-0.1, -0.05) is 91.0 Å². The number of nitrogens with zero attached hydrogens (tertiary/aromatic N) is 3. The molecule has 0 saturated carbocycles. The van der Waals surface area contributed by atoms with E-state index < -0.39 is 0 Å². The Labute approximate surface area is 215 Å². The Morgan fingerprint density at radius 1 is 0.838 bits per heavy atom. The van der Waals surface area contributed by atoms with Gasteiger partial charge in [-0.2, -0.15) is 0 Å². The number of rotatable bonds is 6. The van der Waals surface area contributed by atoms with Crippen LogP contribution in [-0.4, -0.2) is 41.4 Å². The van der Waals surface area contributed by atoms with Gasteiger partial charge in [-0.3, -0.25) is 19.3 Å². The van der Waals surface area contributed by atoms with Crippen molar-refractivity contribution in [3.8, 4) is 5.75 Å². The largest absolute Gasteiger partial charge is 0.482 e. The van der Waals surface area contributed by atoms with Gasteiger partial charge in [-0.15, -0.1) is 0 Å². The summed E-state index contributed by atoms with van der Waals surface area (Å²) in [7, 11) is 0. The number of hydrogen-bond acceptors (Lipinski definition) is 5. The van der Waals surface area contributed by atoms with Gasteiger partial charge in [0.15, 0.2) is 11.4 Å². The molecule has 2 aliphatic rings. The Kier molecular flexibility index (Phi) is 6.20. The van der Waals surface area contributed by atoms with Crippen molar-refractivity contribution in [1.82, 2.24) is 9.58 Å². The Morgan fingerprint density at radius 2 is 1.46 bits per heavy atom. The summed E-state index contributed by atoms with van der Waals surface area (Å²) in [5.74, 6) is -0.170. The lowest BCUT2D eigenvalue weighted by atomic mass is 9.97. The molecule has 0 aliphatic carbocycles. The topological polar surface area (TPSA) is 64.0 Å². The fraction of sp³-hybridized carbons (Fsp3) is 0.200. The Morgan fingerprint density at radius 3 is 2.11 bits per heavy atom. The molecule has 0 unspecified atom stereocenters. The molecule has 0 N–H and O–H groups in total. The number of pyridine rings is 1. The third kappa shape index (κ3) is 4.27. The number of fused-ring (bicyclic) bond motifs is 2. The second-order valence-corrected chi connectivity index (χ2v) is 9.13. The number of hydrogen-bond donors (Lipinski definition) is 0. The maximum Gasteiger partial charge on any atom is 0.278 e. The lowest BCUT2D eigenvalue weighted by Crippen LogP contribution is -2.66. The molecule has 7 heteroatoms. The van der Waals surface area contributed by atoms with Crippen molar-refractivity contribution in [2.75, 3.05) is 24.8 Å². The van der Waals surface area contributed by atoms with Gasteiger partial charge in [0.1, 0.15) is 12.8 Å². The van der Waals surface area contributed by atoms with Crippen LogP contribution in [0.1, 0.15) is 33.2 Å². The minimum atomic E-state index is -0.358. The van der Waals surface area contributed by atoms with Crippen LogP contribution in [0, 0.1) is 0 Å². The van der Waals surface area contributed by atoms with E-state index in [2.05, 4.69) is 29.3 Å². The highest BCUT2D eigenvalue weighted by molar-refractivity contribution is 5.96. The zero-order valence-electron chi connectivity index (χ0n) is 20.3. The lowest BCUT2D eigenvalue weighted by Gasteiger charge is -2.51. The summed E-state index contributed by atoms with van der Waals surface area (Å²) >= 11 is 0. The number of morpholine rings is 1. The van der Waals surface area contributed by atoms with E-state index in [1.807, 2.05) is 66.7 Å². The average Bonchev–Trinajstić information content (AvgIpc) is 2.96. The van der Waals surface area contributed by atoms with Gasteiger partial charge >= 0.3 is 0 Å². The fourth-order valence-corrected chi connectivity index (χ4v) is 5.16. The van der Waals surface area contributed by atoms with Crippen LogP contribution in [0.5, 0.6) is 5.75 Å². The SMILES string of the molecule is O=C1c2c(OCc3ccccc3)c(=O)ccn2N(C(c2ccccc2)c2ccccc2)[C@@H]2COCCN12. The van der Waals surface area contributed by atoms with Crippen LogP contribution in [-0.2, 0) is 11.3 Å². The van der Waals surface area contributed by atoms with E-state index in [0.717, 1.165) is 16.7 Å². The summed E-state index contributed by atoms with van der Waals surface area (Å²) in [6.07, 6.45) is 1.32. The van der Waals surface area contributed by atoms with Crippen LogP contribution in [0.15, 0.2) is 108 Å². The van der Waals surface area contributed by atoms with Gasteiger partial charge in [0.2, 0.25) is 5.43 Å². The zero-order chi connectivity index (χ0) is 25.2. The van der Waals surface area contributed by atoms with Gasteiger partial charge in [0, 0.05) is 18.8 Å². The van der Waals surface area contributed by atoms with E-state index in [-0.39, 0.29) is 41.6 Å². The van der Waals surface area contributed by atoms with Crippen molar-refractivity contribution in [3.63, 3.8) is 0 Å². The molecule has 1 saturated heterocycles. The summed E-state index contributed by atoms with van der Waals surface area (Å²) in [6.45, 7) is 1.41. The maximum atomic E-state index is 13.9. The summed E-state index contributed by atoms with van der Waals surface area (Å²) in [5, 5.41) is 2.13. The van der Waals surface area contributed by atoms with Gasteiger partial charge < -0.3 is 14.4 Å². The second-order valence-electron chi connectivity index (χ2n) is 9.13. The minimum Gasteiger partial charge on any atom is -0.482 e. The van der Waals surface area contributed by atoms with Crippen molar-refractivity contribution in [2.45, 2.75) is 18.8 Å². The maximum absolute atomic E-state index is 13.9. The van der Waals surface area contributed by atoms with E-state index in [1.165, 1.54) is 6.07 Å². The van der Waals surface area contributed by atoms with Crippen LogP contribution in [0.2, 0.25) is 0 Å². The molecule has 1 atom stereocenters. The van der Waals surface area contributed by atoms with Crippen molar-refractivity contribution in [1.29, 1.82) is 0 Å². The Balaban J connectivity index is 1.53. The molecule has 1 fully saturated rings. The number of amides is 1. The molecule has 2 aliphatic heterocycles. The Bertz CT molecular complexity index is 1400. The van der Waals surface area contributed by atoms with Crippen molar-refractivity contribution in [2.24, 2.45) is 0 Å². The first-order chi connectivity index (χ1) is 18.2. The zero-order valence-corrected chi connectivity index (χ0v) is 20.3. The summed E-state index contributed by atoms with van der Waals surface area (Å²) < 4.78 is 13.7. The number of ether oxygens (including phenoxy) is 2. The number of carbonyl (C=O) groups excluding carboxylic acids is 1. The Hall–Kier alpha value is -4.36. The van der Waals surface area contributed by atoms with Crippen molar-refractivity contribution < 1.29 is 14.3 Å². The normalized spacial score (nSPS) is 16.9. The molecule has 1 aromatic heterocycles. The molecule has 1 amide bonds. The van der Waals surface area contributed by atoms with Crippen LogP contribution in [0.4, 0.5) is 0 Å². The predicted molar refractivity (Wildman–Crippen MR) is 140 cm³/mol. The molecule has 4 aromatic rings. The highest BCUT2D eigenvalue weighted by Crippen LogP contribution is 2.36. The second kappa shape index (κ2) is 9.95. The van der Waals surface area contributed by atoms with E-state index in [9.17, 15) is 9.59 Å². The van der Waals surface area contributed by atoms with E-state index >= 15 is 0 Å². The smallest absolute Gasteiger partial charge is 0.278 e. The molecule has 0 spiro atoms. The molecule has 0 bridgehead atoms. The number of benzene rings is 3. The molecule has 3 aromatic carbocycles. The van der Waals surface area contributed by atoms with Gasteiger partial charge in [0.25, 0.3) is 5.91 Å². The van der Waals surface area contributed by atoms with E-state index in [0.29, 0.717) is 19.8 Å². The van der Waals surface area contributed by atoms with Crippen molar-refractivity contribution in [3.05, 3.63) is 136 Å². The van der Waals surface area contributed by atoms with Crippen LogP contribution in [0.3, 0.4) is 0 Å². The molecule has 7 nitrogen and oxygen atoms in total. The molecule has 186 valence electrons. The first-order valence-corrected chi connectivity index (χ1v) is 12.4. The van der Waals surface area contributed by atoms with Crippen LogP contribution < -0.4 is 15.2 Å². The minimum absolute atomic E-state index is 0.0613. The molecule has 6 rings (SSSR count). The number of aromatic nitrogens is 1. The predicted octanol–water partition coefficient (Wildman–Crippen LogP) is 3.97. The summed E-state index contributed by atoms with van der Waals surface area (Å²) in [4.78, 5) is 28.8. The highest BCUT2D eigenvalue weighted by Gasteiger charge is 2.44. The van der Waals surface area contributed by atoms with Gasteiger partial charge in [0.05, 0.1) is 19.3 Å². The summed E-state index contributed by atoms with van der Waals surface area (Å²) in [5.41, 5.74) is 2.95. The highest BCUT2D eigenvalue weighted by atomic mass is 16.5. The lowest BCUT2D eigenvalue weighted by molar-refractivity contribution is -0.0198. The molecular formula is C30H27N3O4. The average molecular weight is 494 g/mol. The summed E-state index contributed by atoms with van der Waals surface area (Å²) in [6, 6.07) is 31.2. The molecule has 3 heterocycles. The first-order valence-electron chi connectivity index (χ1n) is 12.4. The van der Waals surface area contributed by atoms with E-state index in [1.54, 1.807) is 15.8 Å². The first kappa shape index (κ1) is 23.1. The molecule has 0 radical (unpaired) electrons. The quantitative estimate of drug-likeness (QED) is 0.407.